The van der Waals surface area contributed by atoms with E-state index in [1.165, 1.54) is 18.2 Å². The molecule has 3 nitrogen and oxygen atoms in total. The highest BCUT2D eigenvalue weighted by Gasteiger charge is 2.39. The van der Waals surface area contributed by atoms with Crippen molar-refractivity contribution < 1.29 is 22.7 Å². The number of nitrogens with one attached hydrogen (secondary N) is 1. The maximum Gasteiger partial charge on any atom is 0.471 e. The fourth-order valence-electron chi connectivity index (χ4n) is 1.22. The molecule has 1 rings (SSSR count). The lowest BCUT2D eigenvalue weighted by atomic mass is 10.3. The second-order valence-electron chi connectivity index (χ2n) is 3.65. The van der Waals surface area contributed by atoms with Gasteiger partial charge in [-0.05, 0) is 18.6 Å². The minimum Gasteiger partial charge on any atom is -0.491 e. The van der Waals surface area contributed by atoms with Crippen LogP contribution < -0.4 is 10.1 Å². The first-order chi connectivity index (χ1) is 8.45. The normalized spacial score (nSPS) is 11.1. The SMILES string of the molecule is CCCCOc1ccccc1NC(=O)C(F)(F)F. The number of anilines is 1. The zero-order valence-corrected chi connectivity index (χ0v) is 9.88. The van der Waals surface area contributed by atoms with Crippen LogP contribution in [-0.4, -0.2) is 18.7 Å². The molecule has 18 heavy (non-hydrogen) atoms. The monoisotopic (exact) mass is 261 g/mol. The molecular formula is C12H14F3NO2. The van der Waals surface area contributed by atoms with Gasteiger partial charge < -0.3 is 10.1 Å². The Hall–Kier alpha value is -1.72. The zero-order valence-electron chi connectivity index (χ0n) is 9.88. The molecule has 0 fully saturated rings. The number of hydrogen-bond donors (Lipinski definition) is 1. The van der Waals surface area contributed by atoms with Crippen molar-refractivity contribution >= 4 is 11.6 Å². The minimum atomic E-state index is -4.91. The average Bonchev–Trinajstić information content (AvgIpc) is 2.30. The predicted octanol–water partition coefficient (Wildman–Crippen LogP) is 3.37. The van der Waals surface area contributed by atoms with Gasteiger partial charge >= 0.3 is 12.1 Å². The number of carbonyl (C=O) groups is 1. The van der Waals surface area contributed by atoms with Crippen LogP contribution in [0.25, 0.3) is 0 Å². The molecule has 0 spiro atoms. The quantitative estimate of drug-likeness (QED) is 0.825. The number of amides is 1. The van der Waals surface area contributed by atoms with Gasteiger partial charge in [0, 0.05) is 0 Å². The Labute approximate surface area is 103 Å². The predicted molar refractivity (Wildman–Crippen MR) is 61.5 cm³/mol. The molecule has 0 heterocycles. The summed E-state index contributed by atoms with van der Waals surface area (Å²) in [5.74, 6) is -1.77. The maximum atomic E-state index is 12.1. The first-order valence-corrected chi connectivity index (χ1v) is 5.55. The van der Waals surface area contributed by atoms with Crippen LogP contribution in [0, 0.1) is 0 Å². The van der Waals surface area contributed by atoms with E-state index in [1.54, 1.807) is 11.4 Å². The molecule has 0 aromatic heterocycles. The van der Waals surface area contributed by atoms with Gasteiger partial charge in [0.2, 0.25) is 0 Å². The molecule has 0 radical (unpaired) electrons. The third-order valence-electron chi connectivity index (χ3n) is 2.15. The van der Waals surface area contributed by atoms with E-state index in [2.05, 4.69) is 0 Å². The van der Waals surface area contributed by atoms with E-state index in [1.807, 2.05) is 6.92 Å². The Kier molecular flexibility index (Phi) is 5.00. The highest BCUT2D eigenvalue weighted by molar-refractivity contribution is 5.96. The summed E-state index contributed by atoms with van der Waals surface area (Å²) in [6.45, 7) is 2.37. The number of unbranched alkanes of at least 4 members (excludes halogenated alkanes) is 1. The molecule has 6 heteroatoms. The number of alkyl halides is 3. The molecule has 0 unspecified atom stereocenters. The van der Waals surface area contributed by atoms with E-state index >= 15 is 0 Å². The average molecular weight is 261 g/mol. The summed E-state index contributed by atoms with van der Waals surface area (Å²) in [5.41, 5.74) is 0.0240. The van der Waals surface area contributed by atoms with E-state index < -0.39 is 12.1 Å². The van der Waals surface area contributed by atoms with Crippen molar-refractivity contribution in [2.75, 3.05) is 11.9 Å². The molecule has 1 aromatic carbocycles. The summed E-state index contributed by atoms with van der Waals surface area (Å²) in [6.07, 6.45) is -3.20. The summed E-state index contributed by atoms with van der Waals surface area (Å²) < 4.78 is 41.7. The van der Waals surface area contributed by atoms with Crippen molar-refractivity contribution in [1.29, 1.82) is 0 Å². The van der Waals surface area contributed by atoms with Gasteiger partial charge in [0.15, 0.2) is 0 Å². The number of benzene rings is 1. The van der Waals surface area contributed by atoms with Crippen molar-refractivity contribution in [2.24, 2.45) is 0 Å². The molecule has 1 amide bonds. The minimum absolute atomic E-state index is 0.0240. The second kappa shape index (κ2) is 6.28. The number of para-hydroxylation sites is 2. The lowest BCUT2D eigenvalue weighted by molar-refractivity contribution is -0.167. The third-order valence-corrected chi connectivity index (χ3v) is 2.15. The van der Waals surface area contributed by atoms with Crippen LogP contribution in [0.15, 0.2) is 24.3 Å². The molecule has 0 aliphatic heterocycles. The van der Waals surface area contributed by atoms with Gasteiger partial charge in [0.05, 0.1) is 12.3 Å². The number of halogens is 3. The molecule has 0 atom stereocenters. The lowest BCUT2D eigenvalue weighted by Crippen LogP contribution is -2.30. The highest BCUT2D eigenvalue weighted by Crippen LogP contribution is 2.26. The fraction of sp³-hybridized carbons (Fsp3) is 0.417. The second-order valence-corrected chi connectivity index (χ2v) is 3.65. The van der Waals surface area contributed by atoms with Gasteiger partial charge in [-0.1, -0.05) is 25.5 Å². The Bertz CT molecular complexity index is 405. The molecule has 0 saturated heterocycles. The van der Waals surface area contributed by atoms with Crippen molar-refractivity contribution in [3.63, 3.8) is 0 Å². The summed E-state index contributed by atoms with van der Waals surface area (Å²) in [6, 6.07) is 6.04. The smallest absolute Gasteiger partial charge is 0.471 e. The molecule has 0 aliphatic rings. The molecule has 0 bridgehead atoms. The number of rotatable bonds is 5. The standard InChI is InChI=1S/C12H14F3NO2/c1-2-3-8-18-10-7-5-4-6-9(10)16-11(17)12(13,14)15/h4-7H,2-3,8H2,1H3,(H,16,17). The van der Waals surface area contributed by atoms with E-state index in [-0.39, 0.29) is 11.4 Å². The van der Waals surface area contributed by atoms with Crippen molar-refractivity contribution in [3.8, 4) is 5.75 Å². The van der Waals surface area contributed by atoms with Gasteiger partial charge in [0.25, 0.3) is 0 Å². The van der Waals surface area contributed by atoms with E-state index in [0.29, 0.717) is 6.61 Å². The van der Waals surface area contributed by atoms with Crippen molar-refractivity contribution in [3.05, 3.63) is 24.3 Å². The molecular weight excluding hydrogens is 247 g/mol. The number of hydrogen-bond acceptors (Lipinski definition) is 2. The Morgan fingerprint density at radius 1 is 1.33 bits per heavy atom. The molecule has 1 N–H and O–H groups in total. The summed E-state index contributed by atoms with van der Waals surface area (Å²) in [4.78, 5) is 10.8. The molecule has 0 aliphatic carbocycles. The van der Waals surface area contributed by atoms with Gasteiger partial charge in [0.1, 0.15) is 5.75 Å². The van der Waals surface area contributed by atoms with Crippen LogP contribution in [0.1, 0.15) is 19.8 Å². The van der Waals surface area contributed by atoms with Crippen LogP contribution in [0.5, 0.6) is 5.75 Å². The number of carbonyl (C=O) groups excluding carboxylic acids is 1. The summed E-state index contributed by atoms with van der Waals surface area (Å²) in [5, 5.41) is 1.79. The largest absolute Gasteiger partial charge is 0.491 e. The summed E-state index contributed by atoms with van der Waals surface area (Å²) in [7, 11) is 0. The van der Waals surface area contributed by atoms with Crippen molar-refractivity contribution in [2.45, 2.75) is 25.9 Å². The van der Waals surface area contributed by atoms with E-state index in [9.17, 15) is 18.0 Å². The summed E-state index contributed by atoms with van der Waals surface area (Å²) >= 11 is 0. The van der Waals surface area contributed by atoms with Crippen LogP contribution in [0.4, 0.5) is 18.9 Å². The Balaban J connectivity index is 2.73. The molecule has 1 aromatic rings. The van der Waals surface area contributed by atoms with Gasteiger partial charge in [-0.3, -0.25) is 4.79 Å². The van der Waals surface area contributed by atoms with Crippen LogP contribution in [-0.2, 0) is 4.79 Å². The Morgan fingerprint density at radius 3 is 2.61 bits per heavy atom. The first-order valence-electron chi connectivity index (χ1n) is 5.55. The fourth-order valence-corrected chi connectivity index (χ4v) is 1.22. The number of ether oxygens (including phenoxy) is 1. The third kappa shape index (κ3) is 4.27. The van der Waals surface area contributed by atoms with Crippen LogP contribution in [0.3, 0.4) is 0 Å². The topological polar surface area (TPSA) is 38.3 Å². The van der Waals surface area contributed by atoms with Gasteiger partial charge in [-0.2, -0.15) is 13.2 Å². The van der Waals surface area contributed by atoms with Crippen molar-refractivity contribution in [1.82, 2.24) is 0 Å². The van der Waals surface area contributed by atoms with Gasteiger partial charge in [-0.25, -0.2) is 0 Å². The molecule has 0 saturated carbocycles. The first kappa shape index (κ1) is 14.3. The lowest BCUT2D eigenvalue weighted by Gasteiger charge is -2.13. The van der Waals surface area contributed by atoms with Crippen LogP contribution in [0.2, 0.25) is 0 Å². The highest BCUT2D eigenvalue weighted by atomic mass is 19.4. The van der Waals surface area contributed by atoms with E-state index in [4.69, 9.17) is 4.74 Å². The van der Waals surface area contributed by atoms with E-state index in [0.717, 1.165) is 12.8 Å². The Morgan fingerprint density at radius 2 is 2.00 bits per heavy atom. The molecule has 100 valence electrons. The maximum absolute atomic E-state index is 12.1. The van der Waals surface area contributed by atoms with Gasteiger partial charge in [-0.15, -0.1) is 0 Å². The zero-order chi connectivity index (χ0) is 13.6. The van der Waals surface area contributed by atoms with Crippen LogP contribution >= 0.6 is 0 Å².